The van der Waals surface area contributed by atoms with E-state index < -0.39 is 15.6 Å². The molecule has 0 saturated carbocycles. The molecule has 9 heteroatoms. The van der Waals surface area contributed by atoms with Crippen molar-refractivity contribution in [2.45, 2.75) is 69.9 Å². The minimum absolute atomic E-state index is 0.0112. The Labute approximate surface area is 179 Å². The number of amides is 2. The standard InChI is InChI=1S/C21H33N3O5S/c1-6-8-19(25)22-16-9-7-12-24(14-16)20(26)15-10-11-17(29-5)18(13-15)30(27,28)23-21(2,3)4/h10-11,13,16,23H,6-9,12,14H2,1-5H3,(H,22,25). The number of carbonyl (C=O) groups excluding carboxylic acids is 2. The normalized spacial score (nSPS) is 17.5. The lowest BCUT2D eigenvalue weighted by molar-refractivity contribution is -0.122. The largest absolute Gasteiger partial charge is 0.495 e. The summed E-state index contributed by atoms with van der Waals surface area (Å²) < 4.78 is 33.5. The third-order valence-electron chi connectivity index (χ3n) is 4.69. The fourth-order valence-corrected chi connectivity index (χ4v) is 5.08. The molecule has 1 heterocycles. The average Bonchev–Trinajstić information content (AvgIpc) is 2.65. The molecule has 1 saturated heterocycles. The summed E-state index contributed by atoms with van der Waals surface area (Å²) in [5.74, 6) is -0.103. The molecule has 2 amide bonds. The maximum Gasteiger partial charge on any atom is 0.253 e. The zero-order valence-corrected chi connectivity index (χ0v) is 19.3. The monoisotopic (exact) mass is 439 g/mol. The molecule has 1 aliphatic rings. The van der Waals surface area contributed by atoms with Gasteiger partial charge in [-0.15, -0.1) is 0 Å². The summed E-state index contributed by atoms with van der Waals surface area (Å²) in [6.07, 6.45) is 2.82. The van der Waals surface area contributed by atoms with Crippen LogP contribution in [0.5, 0.6) is 5.75 Å². The van der Waals surface area contributed by atoms with Crippen LogP contribution in [0.3, 0.4) is 0 Å². The number of rotatable bonds is 7. The summed E-state index contributed by atoms with van der Waals surface area (Å²) in [6, 6.07) is 4.32. The second-order valence-electron chi connectivity index (χ2n) is 8.63. The van der Waals surface area contributed by atoms with Gasteiger partial charge in [0.2, 0.25) is 15.9 Å². The predicted octanol–water partition coefficient (Wildman–Crippen LogP) is 2.29. The van der Waals surface area contributed by atoms with Crippen molar-refractivity contribution in [3.05, 3.63) is 23.8 Å². The number of nitrogens with zero attached hydrogens (tertiary/aromatic N) is 1. The quantitative estimate of drug-likeness (QED) is 0.678. The second-order valence-corrected chi connectivity index (χ2v) is 10.3. The van der Waals surface area contributed by atoms with Crippen LogP contribution in [0.15, 0.2) is 23.1 Å². The van der Waals surface area contributed by atoms with E-state index in [1.165, 1.54) is 19.2 Å². The van der Waals surface area contributed by atoms with Gasteiger partial charge in [-0.25, -0.2) is 13.1 Å². The third kappa shape index (κ3) is 6.43. The van der Waals surface area contributed by atoms with Gasteiger partial charge in [0.05, 0.1) is 7.11 Å². The molecule has 2 rings (SSSR count). The van der Waals surface area contributed by atoms with E-state index in [1.807, 2.05) is 6.92 Å². The molecule has 0 bridgehead atoms. The molecule has 0 radical (unpaired) electrons. The number of benzene rings is 1. The number of nitrogens with one attached hydrogen (secondary N) is 2. The number of sulfonamides is 1. The van der Waals surface area contributed by atoms with Crippen molar-refractivity contribution in [3.63, 3.8) is 0 Å². The summed E-state index contributed by atoms with van der Waals surface area (Å²) >= 11 is 0. The molecule has 1 aromatic rings. The first-order chi connectivity index (χ1) is 14.0. The van der Waals surface area contributed by atoms with E-state index in [-0.39, 0.29) is 34.1 Å². The van der Waals surface area contributed by atoms with E-state index in [9.17, 15) is 18.0 Å². The van der Waals surface area contributed by atoms with Crippen LogP contribution in [0.1, 0.15) is 63.7 Å². The molecule has 2 N–H and O–H groups in total. The Morgan fingerprint density at radius 2 is 1.97 bits per heavy atom. The lowest BCUT2D eigenvalue weighted by Gasteiger charge is -2.33. The molecule has 168 valence electrons. The van der Waals surface area contributed by atoms with Crippen molar-refractivity contribution in [3.8, 4) is 5.75 Å². The minimum Gasteiger partial charge on any atom is -0.495 e. The number of methoxy groups -OCH3 is 1. The van der Waals surface area contributed by atoms with E-state index in [2.05, 4.69) is 10.0 Å². The first-order valence-electron chi connectivity index (χ1n) is 10.3. The van der Waals surface area contributed by atoms with Crippen molar-refractivity contribution in [1.82, 2.24) is 14.9 Å². The Morgan fingerprint density at radius 1 is 1.27 bits per heavy atom. The van der Waals surface area contributed by atoms with E-state index in [0.717, 1.165) is 19.3 Å². The van der Waals surface area contributed by atoms with Gasteiger partial charge in [-0.1, -0.05) is 6.92 Å². The van der Waals surface area contributed by atoms with Gasteiger partial charge in [0.25, 0.3) is 5.91 Å². The summed E-state index contributed by atoms with van der Waals surface area (Å²) in [7, 11) is -2.49. The number of hydrogen-bond acceptors (Lipinski definition) is 5. The van der Waals surface area contributed by atoms with Gasteiger partial charge in [-0.2, -0.15) is 0 Å². The van der Waals surface area contributed by atoms with E-state index in [1.54, 1.807) is 31.7 Å². The van der Waals surface area contributed by atoms with Gasteiger partial charge in [0.1, 0.15) is 10.6 Å². The molecular formula is C21H33N3O5S. The van der Waals surface area contributed by atoms with Crippen molar-refractivity contribution in [1.29, 1.82) is 0 Å². The van der Waals surface area contributed by atoms with Crippen molar-refractivity contribution < 1.29 is 22.7 Å². The first kappa shape index (κ1) is 24.1. The first-order valence-corrected chi connectivity index (χ1v) is 11.8. The van der Waals surface area contributed by atoms with E-state index in [0.29, 0.717) is 19.5 Å². The summed E-state index contributed by atoms with van der Waals surface area (Å²) in [4.78, 5) is 26.6. The maximum absolute atomic E-state index is 13.1. The van der Waals surface area contributed by atoms with Crippen LogP contribution in [0.2, 0.25) is 0 Å². The van der Waals surface area contributed by atoms with Crippen LogP contribution in [-0.2, 0) is 14.8 Å². The van der Waals surface area contributed by atoms with Crippen molar-refractivity contribution in [2.24, 2.45) is 0 Å². The van der Waals surface area contributed by atoms with E-state index in [4.69, 9.17) is 4.74 Å². The SMILES string of the molecule is CCCC(=O)NC1CCCN(C(=O)c2ccc(OC)c(S(=O)(=O)NC(C)(C)C)c2)C1. The highest BCUT2D eigenvalue weighted by Gasteiger charge is 2.29. The van der Waals surface area contributed by atoms with Crippen LogP contribution in [0, 0.1) is 0 Å². The van der Waals surface area contributed by atoms with Gasteiger partial charge >= 0.3 is 0 Å². The number of carbonyl (C=O) groups is 2. The van der Waals surface area contributed by atoms with Crippen LogP contribution in [0.4, 0.5) is 0 Å². The molecular weight excluding hydrogens is 406 g/mol. The molecule has 30 heavy (non-hydrogen) atoms. The highest BCUT2D eigenvalue weighted by molar-refractivity contribution is 7.89. The van der Waals surface area contributed by atoms with Gasteiger partial charge in [-0.3, -0.25) is 9.59 Å². The number of likely N-dealkylation sites (tertiary alicyclic amines) is 1. The molecule has 8 nitrogen and oxygen atoms in total. The smallest absolute Gasteiger partial charge is 0.253 e. The zero-order valence-electron chi connectivity index (χ0n) is 18.4. The molecule has 0 aromatic heterocycles. The molecule has 1 unspecified atom stereocenters. The number of hydrogen-bond donors (Lipinski definition) is 2. The Morgan fingerprint density at radius 3 is 2.57 bits per heavy atom. The highest BCUT2D eigenvalue weighted by Crippen LogP contribution is 2.27. The molecule has 1 aromatic carbocycles. The van der Waals surface area contributed by atoms with Gasteiger partial charge in [0.15, 0.2) is 0 Å². The van der Waals surface area contributed by atoms with Gasteiger partial charge in [0, 0.05) is 36.7 Å². The van der Waals surface area contributed by atoms with E-state index >= 15 is 0 Å². The fraction of sp³-hybridized carbons (Fsp3) is 0.619. The number of ether oxygens (including phenoxy) is 1. The molecule has 1 aliphatic heterocycles. The Hall–Kier alpha value is -2.13. The Balaban J connectivity index is 2.24. The molecule has 1 fully saturated rings. The maximum atomic E-state index is 13.1. The topological polar surface area (TPSA) is 105 Å². The van der Waals surface area contributed by atoms with Crippen LogP contribution in [-0.4, -0.2) is 56.9 Å². The van der Waals surface area contributed by atoms with Crippen molar-refractivity contribution in [2.75, 3.05) is 20.2 Å². The summed E-state index contributed by atoms with van der Waals surface area (Å²) in [5, 5.41) is 2.98. The van der Waals surface area contributed by atoms with Gasteiger partial charge < -0.3 is 15.0 Å². The minimum atomic E-state index is -3.88. The molecule has 0 spiro atoms. The summed E-state index contributed by atoms with van der Waals surface area (Å²) in [6.45, 7) is 8.14. The van der Waals surface area contributed by atoms with Crippen LogP contribution >= 0.6 is 0 Å². The fourth-order valence-electron chi connectivity index (χ4n) is 3.47. The molecule has 0 aliphatic carbocycles. The predicted molar refractivity (Wildman–Crippen MR) is 115 cm³/mol. The third-order valence-corrected chi connectivity index (χ3v) is 6.47. The second kappa shape index (κ2) is 9.78. The van der Waals surface area contributed by atoms with Crippen LogP contribution in [0.25, 0.3) is 0 Å². The van der Waals surface area contributed by atoms with Crippen molar-refractivity contribution >= 4 is 21.8 Å². The number of piperidine rings is 1. The lowest BCUT2D eigenvalue weighted by atomic mass is 10.0. The lowest BCUT2D eigenvalue weighted by Crippen LogP contribution is -2.49. The summed E-state index contributed by atoms with van der Waals surface area (Å²) in [5.41, 5.74) is -0.411. The zero-order chi connectivity index (χ0) is 22.5. The van der Waals surface area contributed by atoms with Gasteiger partial charge in [-0.05, 0) is 58.2 Å². The van der Waals surface area contributed by atoms with Crippen LogP contribution < -0.4 is 14.8 Å². The Kier molecular flexibility index (Phi) is 7.87. The molecule has 1 atom stereocenters. The Bertz CT molecular complexity index is 877. The average molecular weight is 440 g/mol. The highest BCUT2D eigenvalue weighted by atomic mass is 32.2.